The lowest BCUT2D eigenvalue weighted by molar-refractivity contribution is -0.190. The number of carbonyl (C=O) groups is 1. The highest BCUT2D eigenvalue weighted by atomic mass is 16.7. The van der Waals surface area contributed by atoms with E-state index in [0.29, 0.717) is 36.8 Å². The van der Waals surface area contributed by atoms with Crippen molar-refractivity contribution in [3.8, 4) is 0 Å². The molecule has 3 fully saturated rings. The molecule has 1 aliphatic heterocycles. The van der Waals surface area contributed by atoms with E-state index in [0.717, 1.165) is 6.42 Å². The van der Waals surface area contributed by atoms with Gasteiger partial charge in [0.25, 0.3) is 0 Å². The Balaban J connectivity index is 1.81. The van der Waals surface area contributed by atoms with Crippen molar-refractivity contribution in [1.82, 2.24) is 0 Å². The molecule has 0 aromatic heterocycles. The van der Waals surface area contributed by atoms with Gasteiger partial charge in [0.05, 0.1) is 13.2 Å². The van der Waals surface area contributed by atoms with Crippen molar-refractivity contribution in [3.63, 3.8) is 0 Å². The van der Waals surface area contributed by atoms with Gasteiger partial charge in [0.15, 0.2) is 5.79 Å². The number of carbonyl (C=O) groups excluding carboxylic acids is 1. The van der Waals surface area contributed by atoms with Crippen LogP contribution in [-0.2, 0) is 14.3 Å². The number of hydrogen-bond donors (Lipinski definition) is 0. The Hall–Kier alpha value is -0.670. The average molecular weight is 220 g/mol. The second-order valence-electron chi connectivity index (χ2n) is 5.61. The summed E-state index contributed by atoms with van der Waals surface area (Å²) in [6, 6.07) is 0. The third-order valence-corrected chi connectivity index (χ3v) is 4.96. The first-order chi connectivity index (χ1) is 7.74. The molecule has 0 aromatic carbocycles. The minimum Gasteiger partial charge on any atom is -0.346 e. The molecule has 3 nitrogen and oxygen atoms in total. The zero-order valence-corrected chi connectivity index (χ0v) is 9.39. The Morgan fingerprint density at radius 1 is 1.25 bits per heavy atom. The van der Waals surface area contributed by atoms with Gasteiger partial charge in [-0.3, -0.25) is 4.79 Å². The summed E-state index contributed by atoms with van der Waals surface area (Å²) in [4.78, 5) is 12.1. The van der Waals surface area contributed by atoms with Crippen LogP contribution in [0.3, 0.4) is 0 Å². The van der Waals surface area contributed by atoms with Crippen LogP contribution in [0.25, 0.3) is 0 Å². The highest BCUT2D eigenvalue weighted by Crippen LogP contribution is 2.63. The monoisotopic (exact) mass is 220 g/mol. The predicted octanol–water partition coefficient (Wildman–Crippen LogP) is 1.39. The number of Topliss-reactive ketones (excluding diaryl/α,β-unsaturated/α-hetero) is 1. The molecule has 2 saturated carbocycles. The molecule has 0 amide bonds. The van der Waals surface area contributed by atoms with E-state index in [1.807, 2.05) is 0 Å². The van der Waals surface area contributed by atoms with Gasteiger partial charge in [-0.15, -0.1) is 0 Å². The fourth-order valence-electron chi connectivity index (χ4n) is 4.50. The van der Waals surface area contributed by atoms with E-state index < -0.39 is 5.79 Å². The second kappa shape index (κ2) is 2.77. The van der Waals surface area contributed by atoms with Crippen LogP contribution in [0.15, 0.2) is 12.2 Å². The average Bonchev–Trinajstić information content (AvgIpc) is 2.98. The Labute approximate surface area is 94.8 Å². The van der Waals surface area contributed by atoms with Gasteiger partial charge in [-0.2, -0.15) is 0 Å². The van der Waals surface area contributed by atoms with Crippen molar-refractivity contribution in [3.05, 3.63) is 12.2 Å². The Kier molecular flexibility index (Phi) is 1.62. The molecule has 3 aliphatic carbocycles. The van der Waals surface area contributed by atoms with Crippen LogP contribution in [-0.4, -0.2) is 24.8 Å². The summed E-state index contributed by atoms with van der Waals surface area (Å²) in [6.07, 6.45) is 5.14. The van der Waals surface area contributed by atoms with E-state index in [2.05, 4.69) is 19.1 Å². The molecule has 0 N–H and O–H groups in total. The van der Waals surface area contributed by atoms with Crippen LogP contribution in [0.5, 0.6) is 0 Å². The van der Waals surface area contributed by atoms with Crippen LogP contribution in [0.4, 0.5) is 0 Å². The molecule has 1 saturated heterocycles. The molecule has 2 bridgehead atoms. The highest BCUT2D eigenvalue weighted by molar-refractivity contribution is 5.85. The van der Waals surface area contributed by atoms with Crippen molar-refractivity contribution >= 4 is 5.78 Å². The third-order valence-electron chi connectivity index (χ3n) is 4.96. The molecule has 1 spiro atoms. The lowest BCUT2D eigenvalue weighted by atomic mass is 9.82. The van der Waals surface area contributed by atoms with Gasteiger partial charge in [-0.05, 0) is 11.8 Å². The molecule has 4 rings (SSSR count). The van der Waals surface area contributed by atoms with Crippen molar-refractivity contribution in [2.75, 3.05) is 13.2 Å². The van der Waals surface area contributed by atoms with E-state index >= 15 is 0 Å². The minimum atomic E-state index is -0.459. The van der Waals surface area contributed by atoms with Gasteiger partial charge in [-0.1, -0.05) is 19.1 Å². The predicted molar refractivity (Wildman–Crippen MR) is 56.5 cm³/mol. The first-order valence-corrected chi connectivity index (χ1v) is 6.23. The van der Waals surface area contributed by atoms with Crippen LogP contribution >= 0.6 is 0 Å². The molecule has 0 aromatic rings. The van der Waals surface area contributed by atoms with E-state index in [-0.39, 0.29) is 11.8 Å². The first kappa shape index (κ1) is 9.37. The van der Waals surface area contributed by atoms with Crippen molar-refractivity contribution in [2.45, 2.75) is 19.1 Å². The number of ketones is 1. The van der Waals surface area contributed by atoms with E-state index in [9.17, 15) is 4.79 Å². The number of hydrogen-bond acceptors (Lipinski definition) is 3. The molecule has 1 heterocycles. The van der Waals surface area contributed by atoms with Crippen LogP contribution in [0.1, 0.15) is 13.3 Å². The molecular formula is C13H16O3. The molecule has 5 atom stereocenters. The first-order valence-electron chi connectivity index (χ1n) is 6.23. The molecule has 0 unspecified atom stereocenters. The van der Waals surface area contributed by atoms with Gasteiger partial charge in [0.1, 0.15) is 5.78 Å². The summed E-state index contributed by atoms with van der Waals surface area (Å²) in [5, 5.41) is 0. The zero-order chi connectivity index (χ0) is 10.9. The topological polar surface area (TPSA) is 35.5 Å². The summed E-state index contributed by atoms with van der Waals surface area (Å²) in [6.45, 7) is 3.55. The van der Waals surface area contributed by atoms with Crippen molar-refractivity contribution in [1.29, 1.82) is 0 Å². The largest absolute Gasteiger partial charge is 0.346 e. The summed E-state index contributed by atoms with van der Waals surface area (Å²) in [5.74, 6) is 1.58. The Morgan fingerprint density at radius 2 is 1.94 bits per heavy atom. The third kappa shape index (κ3) is 0.833. The molecule has 4 aliphatic rings. The standard InChI is InChI=1S/C13H16O3/c1-7-6-10(14)12-9-3-2-8(11(7)12)13(9)15-4-5-16-13/h2-3,7-9,11-12H,4-6H2,1H3/t7-,8-,9-,11-,12+/m0/s1. The fraction of sp³-hybridized carbons (Fsp3) is 0.769. The maximum Gasteiger partial charge on any atom is 0.181 e. The summed E-state index contributed by atoms with van der Waals surface area (Å²) < 4.78 is 11.8. The molecule has 0 radical (unpaired) electrons. The van der Waals surface area contributed by atoms with E-state index in [1.54, 1.807) is 0 Å². The Morgan fingerprint density at radius 3 is 2.62 bits per heavy atom. The van der Waals surface area contributed by atoms with Crippen LogP contribution in [0.2, 0.25) is 0 Å². The van der Waals surface area contributed by atoms with Gasteiger partial charge >= 0.3 is 0 Å². The maximum atomic E-state index is 12.1. The quantitative estimate of drug-likeness (QED) is 0.579. The Bertz CT molecular complexity index is 381. The van der Waals surface area contributed by atoms with E-state index in [4.69, 9.17) is 9.47 Å². The van der Waals surface area contributed by atoms with Crippen LogP contribution < -0.4 is 0 Å². The fourth-order valence-corrected chi connectivity index (χ4v) is 4.50. The van der Waals surface area contributed by atoms with Gasteiger partial charge in [0, 0.05) is 24.2 Å². The summed E-state index contributed by atoms with van der Waals surface area (Å²) in [7, 11) is 0. The summed E-state index contributed by atoms with van der Waals surface area (Å²) in [5.41, 5.74) is 0. The van der Waals surface area contributed by atoms with Gasteiger partial charge in [0.2, 0.25) is 0 Å². The zero-order valence-electron chi connectivity index (χ0n) is 9.39. The van der Waals surface area contributed by atoms with Crippen molar-refractivity contribution < 1.29 is 14.3 Å². The molecule has 86 valence electrons. The smallest absolute Gasteiger partial charge is 0.181 e. The van der Waals surface area contributed by atoms with Gasteiger partial charge in [-0.25, -0.2) is 0 Å². The van der Waals surface area contributed by atoms with Crippen LogP contribution in [0, 0.1) is 29.6 Å². The lowest BCUT2D eigenvalue weighted by Gasteiger charge is -2.30. The lowest BCUT2D eigenvalue weighted by Crippen LogP contribution is -2.39. The number of fused-ring (bicyclic) bond motifs is 3. The van der Waals surface area contributed by atoms with Crippen molar-refractivity contribution in [2.24, 2.45) is 29.6 Å². The van der Waals surface area contributed by atoms with Gasteiger partial charge < -0.3 is 9.47 Å². The maximum absolute atomic E-state index is 12.1. The highest BCUT2D eigenvalue weighted by Gasteiger charge is 2.69. The molecular weight excluding hydrogens is 204 g/mol. The minimum absolute atomic E-state index is 0.170. The number of rotatable bonds is 0. The van der Waals surface area contributed by atoms with E-state index in [1.165, 1.54) is 0 Å². The molecule has 16 heavy (non-hydrogen) atoms. The second-order valence-corrected chi connectivity index (χ2v) is 5.61. The normalized spacial score (nSPS) is 51.8. The summed E-state index contributed by atoms with van der Waals surface area (Å²) >= 11 is 0. The SMILES string of the molecule is C[C@H]1CC(=O)[C@@H]2[C@@H]1[C@@H]1C=C[C@@H]2C12OCCO2. The number of ether oxygens (including phenoxy) is 2. The molecule has 3 heteroatoms.